The summed E-state index contributed by atoms with van der Waals surface area (Å²) in [5.41, 5.74) is 0.327. The number of benzene rings is 1. The summed E-state index contributed by atoms with van der Waals surface area (Å²) in [5.74, 6) is -2.06. The van der Waals surface area contributed by atoms with E-state index in [0.29, 0.717) is 6.42 Å². The van der Waals surface area contributed by atoms with Gasteiger partial charge in [0, 0.05) is 13.0 Å². The van der Waals surface area contributed by atoms with Crippen LogP contribution < -0.4 is 10.6 Å². The standard InChI is InChI=1S/C19H20N2O7/c1-26-17(23)9-4-10-20-16(22)12-28-19(25)13-6-2-3-7-14(13)21-18(24)15-8-5-11-27-15/h2-3,5-8,11H,4,9-10,12H2,1H3,(H,20,22)(H,21,24). The zero-order valence-corrected chi connectivity index (χ0v) is 15.2. The molecule has 2 N–H and O–H groups in total. The summed E-state index contributed by atoms with van der Waals surface area (Å²) in [6.45, 7) is -0.237. The van der Waals surface area contributed by atoms with Gasteiger partial charge in [-0.3, -0.25) is 14.4 Å². The monoisotopic (exact) mass is 388 g/mol. The molecular formula is C19H20N2O7. The van der Waals surface area contributed by atoms with E-state index in [1.807, 2.05) is 0 Å². The normalized spacial score (nSPS) is 10.0. The van der Waals surface area contributed by atoms with Crippen LogP contribution >= 0.6 is 0 Å². The van der Waals surface area contributed by atoms with Crippen LogP contribution in [-0.4, -0.2) is 44.0 Å². The lowest BCUT2D eigenvalue weighted by molar-refractivity contribution is -0.140. The summed E-state index contributed by atoms with van der Waals surface area (Å²) >= 11 is 0. The number of amides is 2. The Morgan fingerprint density at radius 2 is 1.86 bits per heavy atom. The summed E-state index contributed by atoms with van der Waals surface area (Å²) in [6, 6.07) is 9.30. The number of carbonyl (C=O) groups excluding carboxylic acids is 4. The summed E-state index contributed by atoms with van der Waals surface area (Å²) in [5, 5.41) is 5.09. The van der Waals surface area contributed by atoms with Crippen LogP contribution in [0.4, 0.5) is 5.69 Å². The van der Waals surface area contributed by atoms with Gasteiger partial charge in [-0.2, -0.15) is 0 Å². The largest absolute Gasteiger partial charge is 0.469 e. The third kappa shape index (κ3) is 6.27. The fraction of sp³-hybridized carbons (Fsp3) is 0.263. The number of anilines is 1. The maximum absolute atomic E-state index is 12.3. The molecule has 0 atom stereocenters. The number of methoxy groups -OCH3 is 1. The van der Waals surface area contributed by atoms with E-state index in [2.05, 4.69) is 15.4 Å². The van der Waals surface area contributed by atoms with Gasteiger partial charge in [-0.15, -0.1) is 0 Å². The summed E-state index contributed by atoms with van der Waals surface area (Å²) < 4.78 is 14.5. The van der Waals surface area contributed by atoms with Crippen LogP contribution in [0.5, 0.6) is 0 Å². The van der Waals surface area contributed by atoms with Crippen LogP contribution in [0.1, 0.15) is 33.8 Å². The molecule has 0 aliphatic carbocycles. The number of nitrogens with one attached hydrogen (secondary N) is 2. The molecule has 0 aliphatic heterocycles. The highest BCUT2D eigenvalue weighted by Crippen LogP contribution is 2.17. The van der Waals surface area contributed by atoms with E-state index in [9.17, 15) is 19.2 Å². The van der Waals surface area contributed by atoms with Gasteiger partial charge in [-0.25, -0.2) is 4.79 Å². The van der Waals surface area contributed by atoms with Gasteiger partial charge in [0.1, 0.15) is 0 Å². The van der Waals surface area contributed by atoms with Crippen molar-refractivity contribution in [2.75, 3.05) is 25.6 Å². The topological polar surface area (TPSA) is 124 Å². The van der Waals surface area contributed by atoms with Crippen molar-refractivity contribution in [1.82, 2.24) is 5.32 Å². The average Bonchev–Trinajstić information content (AvgIpc) is 3.24. The van der Waals surface area contributed by atoms with Gasteiger partial charge in [0.05, 0.1) is 24.6 Å². The minimum absolute atomic E-state index is 0.0921. The third-order valence-corrected chi connectivity index (χ3v) is 3.58. The van der Waals surface area contributed by atoms with Crippen molar-refractivity contribution in [2.24, 2.45) is 0 Å². The Labute approximate surface area is 161 Å². The van der Waals surface area contributed by atoms with Gasteiger partial charge in [-0.1, -0.05) is 12.1 Å². The van der Waals surface area contributed by atoms with Gasteiger partial charge in [0.25, 0.3) is 11.8 Å². The van der Waals surface area contributed by atoms with E-state index in [-0.39, 0.29) is 35.9 Å². The predicted molar refractivity (Wildman–Crippen MR) is 97.6 cm³/mol. The highest BCUT2D eigenvalue weighted by atomic mass is 16.5. The first-order valence-electron chi connectivity index (χ1n) is 8.45. The van der Waals surface area contributed by atoms with Crippen LogP contribution in [0.3, 0.4) is 0 Å². The third-order valence-electron chi connectivity index (χ3n) is 3.58. The zero-order valence-electron chi connectivity index (χ0n) is 15.2. The molecule has 0 spiro atoms. The molecule has 0 saturated carbocycles. The lowest BCUT2D eigenvalue weighted by Gasteiger charge is -2.10. The van der Waals surface area contributed by atoms with Crippen molar-refractivity contribution in [3.8, 4) is 0 Å². The van der Waals surface area contributed by atoms with E-state index in [4.69, 9.17) is 9.15 Å². The number of furan rings is 1. The van der Waals surface area contributed by atoms with E-state index in [1.165, 1.54) is 31.6 Å². The molecule has 1 aromatic carbocycles. The minimum Gasteiger partial charge on any atom is -0.469 e. The van der Waals surface area contributed by atoms with Gasteiger partial charge in [-0.05, 0) is 30.7 Å². The Morgan fingerprint density at radius 3 is 2.57 bits per heavy atom. The van der Waals surface area contributed by atoms with Crippen molar-refractivity contribution < 1.29 is 33.1 Å². The van der Waals surface area contributed by atoms with Gasteiger partial charge in [0.15, 0.2) is 12.4 Å². The number of rotatable bonds is 9. The second-order valence-corrected chi connectivity index (χ2v) is 5.58. The van der Waals surface area contributed by atoms with Crippen LogP contribution in [0, 0.1) is 0 Å². The van der Waals surface area contributed by atoms with E-state index in [1.54, 1.807) is 18.2 Å². The maximum atomic E-state index is 12.3. The molecule has 148 valence electrons. The van der Waals surface area contributed by atoms with Crippen LogP contribution in [0.25, 0.3) is 0 Å². The molecule has 0 unspecified atom stereocenters. The molecule has 9 nitrogen and oxygen atoms in total. The Morgan fingerprint density at radius 1 is 1.07 bits per heavy atom. The Kier molecular flexibility index (Phi) is 7.77. The van der Waals surface area contributed by atoms with Gasteiger partial charge >= 0.3 is 11.9 Å². The lowest BCUT2D eigenvalue weighted by Crippen LogP contribution is -2.30. The number of hydrogen-bond acceptors (Lipinski definition) is 7. The summed E-state index contributed by atoms with van der Waals surface area (Å²) in [6.07, 6.45) is 1.95. The number of carbonyl (C=O) groups is 4. The van der Waals surface area contributed by atoms with Crippen molar-refractivity contribution >= 4 is 29.4 Å². The number of esters is 2. The molecule has 1 aromatic heterocycles. The van der Waals surface area contributed by atoms with Crippen molar-refractivity contribution in [3.63, 3.8) is 0 Å². The molecular weight excluding hydrogens is 368 g/mol. The second kappa shape index (κ2) is 10.5. The molecule has 0 aliphatic rings. The number of hydrogen-bond donors (Lipinski definition) is 2. The Balaban J connectivity index is 1.84. The zero-order chi connectivity index (χ0) is 20.4. The first-order valence-corrected chi connectivity index (χ1v) is 8.45. The SMILES string of the molecule is COC(=O)CCCNC(=O)COC(=O)c1ccccc1NC(=O)c1ccco1. The van der Waals surface area contributed by atoms with Gasteiger partial charge < -0.3 is 24.5 Å². The van der Waals surface area contributed by atoms with Crippen molar-refractivity contribution in [2.45, 2.75) is 12.8 Å². The van der Waals surface area contributed by atoms with Crippen molar-refractivity contribution in [1.29, 1.82) is 0 Å². The van der Waals surface area contributed by atoms with Crippen LogP contribution in [0.15, 0.2) is 47.1 Å². The lowest BCUT2D eigenvalue weighted by atomic mass is 10.1. The van der Waals surface area contributed by atoms with Crippen molar-refractivity contribution in [3.05, 3.63) is 54.0 Å². The quantitative estimate of drug-likeness (QED) is 0.495. The first-order chi connectivity index (χ1) is 13.5. The smallest absolute Gasteiger partial charge is 0.340 e. The molecule has 0 fully saturated rings. The minimum atomic E-state index is -0.764. The highest BCUT2D eigenvalue weighted by molar-refractivity contribution is 6.06. The van der Waals surface area contributed by atoms with Gasteiger partial charge in [0.2, 0.25) is 0 Å². The van der Waals surface area contributed by atoms with E-state index >= 15 is 0 Å². The Hall–Kier alpha value is -3.62. The molecule has 28 heavy (non-hydrogen) atoms. The van der Waals surface area contributed by atoms with Crippen LogP contribution in [0.2, 0.25) is 0 Å². The van der Waals surface area contributed by atoms with E-state index in [0.717, 1.165) is 0 Å². The summed E-state index contributed by atoms with van der Waals surface area (Å²) in [4.78, 5) is 47.0. The predicted octanol–water partition coefficient (Wildman–Crippen LogP) is 1.76. The first kappa shape index (κ1) is 20.7. The highest BCUT2D eigenvalue weighted by Gasteiger charge is 2.17. The molecule has 2 aromatic rings. The fourth-order valence-electron chi connectivity index (χ4n) is 2.18. The molecule has 1 heterocycles. The number of ether oxygens (including phenoxy) is 2. The molecule has 2 rings (SSSR count). The fourth-order valence-corrected chi connectivity index (χ4v) is 2.18. The second-order valence-electron chi connectivity index (χ2n) is 5.58. The molecule has 0 saturated heterocycles. The van der Waals surface area contributed by atoms with Crippen LogP contribution in [-0.2, 0) is 19.1 Å². The maximum Gasteiger partial charge on any atom is 0.340 e. The summed E-state index contributed by atoms with van der Waals surface area (Å²) in [7, 11) is 1.29. The van der Waals surface area contributed by atoms with E-state index < -0.39 is 24.4 Å². The molecule has 0 radical (unpaired) electrons. The Bertz CT molecular complexity index is 831. The molecule has 0 bridgehead atoms. The molecule has 9 heteroatoms. The number of para-hydroxylation sites is 1. The average molecular weight is 388 g/mol. The molecule has 2 amide bonds.